The second-order valence-corrected chi connectivity index (χ2v) is 7.07. The van der Waals surface area contributed by atoms with Gasteiger partial charge in [-0.05, 0) is 49.4 Å². The largest absolute Gasteiger partial charge is 0.313 e. The van der Waals surface area contributed by atoms with Crippen LogP contribution in [-0.2, 0) is 0 Å². The molecule has 88 valence electrons. The smallest absolute Gasteiger partial charge is 0.00699 e. The number of hydrogen-bond acceptors (Lipinski definition) is 1. The summed E-state index contributed by atoms with van der Waals surface area (Å²) in [6, 6.07) is 0.736. The Balaban J connectivity index is 1.79. The first-order valence-corrected chi connectivity index (χ1v) is 6.69. The highest BCUT2D eigenvalue weighted by Gasteiger charge is 2.41. The van der Waals surface area contributed by atoms with Crippen LogP contribution in [-0.4, -0.2) is 12.6 Å². The molecule has 4 unspecified atom stereocenters. The number of hydrogen-bond donors (Lipinski definition) is 1. The van der Waals surface area contributed by atoms with Gasteiger partial charge in [0, 0.05) is 12.6 Å². The second-order valence-electron chi connectivity index (χ2n) is 7.07. The van der Waals surface area contributed by atoms with E-state index >= 15 is 0 Å². The molecule has 1 heteroatoms. The van der Waals surface area contributed by atoms with E-state index in [9.17, 15) is 0 Å². The van der Waals surface area contributed by atoms with Crippen molar-refractivity contribution in [3.63, 3.8) is 0 Å². The van der Waals surface area contributed by atoms with Crippen LogP contribution in [0.2, 0.25) is 0 Å². The Morgan fingerprint density at radius 3 is 2.40 bits per heavy atom. The van der Waals surface area contributed by atoms with Gasteiger partial charge >= 0.3 is 0 Å². The van der Waals surface area contributed by atoms with Crippen molar-refractivity contribution in [1.29, 1.82) is 0 Å². The molecular formula is C14H27N. The Morgan fingerprint density at radius 1 is 1.20 bits per heavy atom. The zero-order valence-corrected chi connectivity index (χ0v) is 10.8. The molecule has 0 aromatic rings. The van der Waals surface area contributed by atoms with Crippen molar-refractivity contribution in [2.24, 2.45) is 23.2 Å². The zero-order valence-electron chi connectivity index (χ0n) is 10.8. The number of nitrogens with one attached hydrogen (secondary N) is 1. The molecule has 15 heavy (non-hydrogen) atoms. The van der Waals surface area contributed by atoms with E-state index < -0.39 is 0 Å². The molecule has 0 aromatic heterocycles. The van der Waals surface area contributed by atoms with E-state index in [0.717, 1.165) is 30.3 Å². The Hall–Kier alpha value is -0.0400. The number of rotatable bonds is 3. The molecule has 0 radical (unpaired) electrons. The lowest BCUT2D eigenvalue weighted by Gasteiger charge is -2.31. The molecule has 2 saturated carbocycles. The highest BCUT2D eigenvalue weighted by Crippen LogP contribution is 2.49. The van der Waals surface area contributed by atoms with Crippen LogP contribution in [0.4, 0.5) is 0 Å². The average molecular weight is 209 g/mol. The summed E-state index contributed by atoms with van der Waals surface area (Å²) < 4.78 is 0. The van der Waals surface area contributed by atoms with Gasteiger partial charge in [-0.1, -0.05) is 27.2 Å². The van der Waals surface area contributed by atoms with E-state index in [4.69, 9.17) is 0 Å². The first-order chi connectivity index (χ1) is 6.96. The minimum atomic E-state index is 0.422. The van der Waals surface area contributed by atoms with E-state index in [2.05, 4.69) is 33.0 Å². The summed E-state index contributed by atoms with van der Waals surface area (Å²) in [6.07, 6.45) is 6.07. The SMILES string of the molecule is CC(NCC(C)(C)C)C1CC2CCC1C2. The fourth-order valence-corrected chi connectivity index (χ4v) is 3.52. The Morgan fingerprint density at radius 2 is 1.93 bits per heavy atom. The summed E-state index contributed by atoms with van der Waals surface area (Å²) in [4.78, 5) is 0. The van der Waals surface area contributed by atoms with E-state index in [0.29, 0.717) is 5.41 Å². The normalized spacial score (nSPS) is 37.2. The Kier molecular flexibility index (Phi) is 3.12. The fourth-order valence-electron chi connectivity index (χ4n) is 3.52. The summed E-state index contributed by atoms with van der Waals surface area (Å²) in [6.45, 7) is 10.5. The Bertz CT molecular complexity index is 216. The molecule has 2 bridgehead atoms. The molecule has 0 spiro atoms. The Labute approximate surface area is 95.0 Å². The molecule has 2 aliphatic rings. The van der Waals surface area contributed by atoms with Crippen molar-refractivity contribution < 1.29 is 0 Å². The van der Waals surface area contributed by atoms with Gasteiger partial charge < -0.3 is 5.32 Å². The van der Waals surface area contributed by atoms with Gasteiger partial charge in [0.2, 0.25) is 0 Å². The summed E-state index contributed by atoms with van der Waals surface area (Å²) in [7, 11) is 0. The van der Waals surface area contributed by atoms with E-state index in [1.807, 2.05) is 0 Å². The lowest BCUT2D eigenvalue weighted by atomic mass is 9.83. The fraction of sp³-hybridized carbons (Fsp3) is 1.00. The van der Waals surface area contributed by atoms with Gasteiger partial charge in [-0.2, -0.15) is 0 Å². The monoisotopic (exact) mass is 209 g/mol. The van der Waals surface area contributed by atoms with Gasteiger partial charge in [-0.3, -0.25) is 0 Å². The van der Waals surface area contributed by atoms with Crippen LogP contribution in [0.1, 0.15) is 53.4 Å². The van der Waals surface area contributed by atoms with Crippen LogP contribution in [0, 0.1) is 23.2 Å². The van der Waals surface area contributed by atoms with Crippen LogP contribution in [0.3, 0.4) is 0 Å². The van der Waals surface area contributed by atoms with Crippen molar-refractivity contribution in [2.45, 2.75) is 59.4 Å². The first-order valence-electron chi connectivity index (χ1n) is 6.69. The third-order valence-electron chi connectivity index (χ3n) is 4.39. The van der Waals surface area contributed by atoms with Crippen LogP contribution in [0.15, 0.2) is 0 Å². The molecule has 1 nitrogen and oxygen atoms in total. The van der Waals surface area contributed by atoms with Gasteiger partial charge in [-0.15, -0.1) is 0 Å². The highest BCUT2D eigenvalue weighted by molar-refractivity contribution is 4.94. The topological polar surface area (TPSA) is 12.0 Å². The summed E-state index contributed by atoms with van der Waals surface area (Å²) in [5, 5.41) is 3.75. The van der Waals surface area contributed by atoms with E-state index in [1.165, 1.54) is 25.7 Å². The summed E-state index contributed by atoms with van der Waals surface area (Å²) in [5.74, 6) is 3.11. The van der Waals surface area contributed by atoms with Crippen molar-refractivity contribution in [2.75, 3.05) is 6.54 Å². The van der Waals surface area contributed by atoms with Crippen molar-refractivity contribution >= 4 is 0 Å². The third kappa shape index (κ3) is 2.75. The molecule has 0 aromatic carbocycles. The lowest BCUT2D eigenvalue weighted by molar-refractivity contribution is 0.239. The first kappa shape index (κ1) is 11.4. The molecule has 1 N–H and O–H groups in total. The van der Waals surface area contributed by atoms with Gasteiger partial charge in [0.25, 0.3) is 0 Å². The van der Waals surface area contributed by atoms with Crippen molar-refractivity contribution in [1.82, 2.24) is 5.32 Å². The lowest BCUT2D eigenvalue weighted by Crippen LogP contribution is -2.40. The molecule has 0 heterocycles. The molecule has 0 amide bonds. The predicted molar refractivity (Wildman–Crippen MR) is 65.9 cm³/mol. The van der Waals surface area contributed by atoms with Crippen molar-refractivity contribution in [3.05, 3.63) is 0 Å². The molecule has 2 rings (SSSR count). The molecule has 2 fully saturated rings. The molecule has 2 aliphatic carbocycles. The standard InChI is InChI=1S/C14H27N/c1-10(15-9-14(2,3)4)13-8-11-5-6-12(13)7-11/h10-13,15H,5-9H2,1-4H3. The average Bonchev–Trinajstić information content (AvgIpc) is 2.73. The van der Waals surface area contributed by atoms with E-state index in [1.54, 1.807) is 0 Å². The van der Waals surface area contributed by atoms with E-state index in [-0.39, 0.29) is 0 Å². The second kappa shape index (κ2) is 4.08. The van der Waals surface area contributed by atoms with Gasteiger partial charge in [0.1, 0.15) is 0 Å². The van der Waals surface area contributed by atoms with Crippen LogP contribution < -0.4 is 5.32 Å². The van der Waals surface area contributed by atoms with Gasteiger partial charge in [-0.25, -0.2) is 0 Å². The maximum Gasteiger partial charge on any atom is 0.00699 e. The van der Waals surface area contributed by atoms with Gasteiger partial charge in [0.15, 0.2) is 0 Å². The van der Waals surface area contributed by atoms with Crippen LogP contribution in [0.25, 0.3) is 0 Å². The molecule has 0 aliphatic heterocycles. The minimum Gasteiger partial charge on any atom is -0.313 e. The molecule has 4 atom stereocenters. The summed E-state index contributed by atoms with van der Waals surface area (Å²) in [5.41, 5.74) is 0.422. The molecule has 0 saturated heterocycles. The quantitative estimate of drug-likeness (QED) is 0.750. The highest BCUT2D eigenvalue weighted by atomic mass is 14.9. The zero-order chi connectivity index (χ0) is 11.1. The maximum absolute atomic E-state index is 3.75. The predicted octanol–water partition coefficient (Wildman–Crippen LogP) is 3.45. The number of fused-ring (bicyclic) bond motifs is 2. The maximum atomic E-state index is 3.75. The molecular weight excluding hydrogens is 182 g/mol. The van der Waals surface area contributed by atoms with Crippen LogP contribution >= 0.6 is 0 Å². The van der Waals surface area contributed by atoms with Crippen LogP contribution in [0.5, 0.6) is 0 Å². The minimum absolute atomic E-state index is 0.422. The summed E-state index contributed by atoms with van der Waals surface area (Å²) >= 11 is 0. The third-order valence-corrected chi connectivity index (χ3v) is 4.39. The van der Waals surface area contributed by atoms with Crippen molar-refractivity contribution in [3.8, 4) is 0 Å². The van der Waals surface area contributed by atoms with Gasteiger partial charge in [0.05, 0.1) is 0 Å².